The van der Waals surface area contributed by atoms with Crippen LogP contribution in [0.5, 0.6) is 11.5 Å². The predicted molar refractivity (Wildman–Crippen MR) is 73.8 cm³/mol. The molecule has 0 aliphatic carbocycles. The first-order valence-corrected chi connectivity index (χ1v) is 6.37. The van der Waals surface area contributed by atoms with E-state index in [0.29, 0.717) is 12.1 Å². The van der Waals surface area contributed by atoms with Crippen LogP contribution >= 0.6 is 0 Å². The first-order valence-electron chi connectivity index (χ1n) is 6.37. The number of nitrogens with zero attached hydrogens (tertiary/aromatic N) is 1. The molecule has 0 saturated heterocycles. The average molecular weight is 275 g/mol. The van der Waals surface area contributed by atoms with Gasteiger partial charge in [-0.05, 0) is 43.5 Å². The zero-order valence-electron chi connectivity index (χ0n) is 11.2. The van der Waals surface area contributed by atoms with Gasteiger partial charge in [0.2, 0.25) is 0 Å². The Kier molecular flexibility index (Phi) is 4.24. The smallest absolute Gasteiger partial charge is 0.251 e. The second-order valence-corrected chi connectivity index (χ2v) is 4.58. The van der Waals surface area contributed by atoms with Crippen molar-refractivity contribution in [3.05, 3.63) is 41.2 Å². The van der Waals surface area contributed by atoms with Gasteiger partial charge < -0.3 is 15.5 Å². The summed E-state index contributed by atoms with van der Waals surface area (Å²) in [5.41, 5.74) is 2.50. The van der Waals surface area contributed by atoms with Crippen molar-refractivity contribution in [2.75, 3.05) is 6.54 Å². The third-order valence-electron chi connectivity index (χ3n) is 3.08. The molecule has 0 aliphatic rings. The molecule has 106 valence electrons. The topological polar surface area (TPSA) is 98.2 Å². The van der Waals surface area contributed by atoms with Crippen LogP contribution in [0.15, 0.2) is 24.4 Å². The lowest BCUT2D eigenvalue weighted by Gasteiger charge is -2.06. The molecule has 0 spiro atoms. The molecule has 0 aliphatic heterocycles. The van der Waals surface area contributed by atoms with Crippen molar-refractivity contribution in [3.8, 4) is 11.5 Å². The molecule has 2 aromatic rings. The maximum absolute atomic E-state index is 11.8. The molecular formula is C14H17N3O3. The van der Waals surface area contributed by atoms with E-state index >= 15 is 0 Å². The van der Waals surface area contributed by atoms with E-state index < -0.39 is 0 Å². The van der Waals surface area contributed by atoms with Gasteiger partial charge in [0.15, 0.2) is 11.5 Å². The molecular weight excluding hydrogens is 258 g/mol. The summed E-state index contributed by atoms with van der Waals surface area (Å²) in [6, 6.07) is 3.99. The minimum Gasteiger partial charge on any atom is -0.504 e. The van der Waals surface area contributed by atoms with Gasteiger partial charge in [-0.25, -0.2) is 0 Å². The second-order valence-electron chi connectivity index (χ2n) is 4.58. The molecule has 0 unspecified atom stereocenters. The molecule has 20 heavy (non-hydrogen) atoms. The molecule has 0 fully saturated rings. The number of nitrogens with one attached hydrogen (secondary N) is 2. The third-order valence-corrected chi connectivity index (χ3v) is 3.08. The summed E-state index contributed by atoms with van der Waals surface area (Å²) < 4.78 is 0. The SMILES string of the molecule is Cc1[nH]ncc1CCCNC(=O)c1ccc(O)c(O)c1. The maximum atomic E-state index is 11.8. The third kappa shape index (κ3) is 3.28. The predicted octanol–water partition coefficient (Wildman–Crippen LogP) is 1.49. The Morgan fingerprint density at radius 3 is 2.80 bits per heavy atom. The van der Waals surface area contributed by atoms with Gasteiger partial charge in [0, 0.05) is 17.8 Å². The summed E-state index contributed by atoms with van der Waals surface area (Å²) in [5.74, 6) is -0.812. The van der Waals surface area contributed by atoms with Crippen molar-refractivity contribution in [3.63, 3.8) is 0 Å². The van der Waals surface area contributed by atoms with Gasteiger partial charge in [-0.2, -0.15) is 5.10 Å². The zero-order valence-corrected chi connectivity index (χ0v) is 11.2. The number of aromatic amines is 1. The lowest BCUT2D eigenvalue weighted by Crippen LogP contribution is -2.24. The molecule has 0 radical (unpaired) electrons. The number of phenolic OH excluding ortho intramolecular Hbond substituents is 2. The highest BCUT2D eigenvalue weighted by molar-refractivity contribution is 5.94. The summed E-state index contributed by atoms with van der Waals surface area (Å²) in [7, 11) is 0. The second kappa shape index (κ2) is 6.10. The van der Waals surface area contributed by atoms with Crippen LogP contribution in [-0.2, 0) is 6.42 Å². The normalized spacial score (nSPS) is 10.4. The van der Waals surface area contributed by atoms with Gasteiger partial charge in [0.1, 0.15) is 0 Å². The molecule has 1 amide bonds. The number of aryl methyl sites for hydroxylation is 2. The Bertz CT molecular complexity index is 607. The Hall–Kier alpha value is -2.50. The fourth-order valence-corrected chi connectivity index (χ4v) is 1.88. The molecule has 1 aromatic carbocycles. The average Bonchev–Trinajstić information content (AvgIpc) is 2.83. The molecule has 6 nitrogen and oxygen atoms in total. The van der Waals surface area contributed by atoms with Crippen LogP contribution in [-0.4, -0.2) is 32.9 Å². The Morgan fingerprint density at radius 2 is 2.15 bits per heavy atom. The summed E-state index contributed by atoms with van der Waals surface area (Å²) in [4.78, 5) is 11.8. The fraction of sp³-hybridized carbons (Fsp3) is 0.286. The summed E-state index contributed by atoms with van der Waals surface area (Å²) in [6.07, 6.45) is 3.43. The van der Waals surface area contributed by atoms with Crippen molar-refractivity contribution in [2.24, 2.45) is 0 Å². The summed E-state index contributed by atoms with van der Waals surface area (Å²) in [5, 5.41) is 28.1. The van der Waals surface area contributed by atoms with Crippen LogP contribution in [0.3, 0.4) is 0 Å². The van der Waals surface area contributed by atoms with E-state index in [-0.39, 0.29) is 17.4 Å². The Morgan fingerprint density at radius 1 is 1.35 bits per heavy atom. The number of H-pyrrole nitrogens is 1. The first kappa shape index (κ1) is 13.9. The van der Waals surface area contributed by atoms with Crippen LogP contribution in [0.1, 0.15) is 28.0 Å². The standard InChI is InChI=1S/C14H17N3O3/c1-9-11(8-16-17-9)3-2-6-15-14(20)10-4-5-12(18)13(19)7-10/h4-5,7-8,18-19H,2-3,6H2,1H3,(H,15,20)(H,16,17). The monoisotopic (exact) mass is 275 g/mol. The molecule has 0 bridgehead atoms. The number of hydrogen-bond donors (Lipinski definition) is 4. The fourth-order valence-electron chi connectivity index (χ4n) is 1.88. The zero-order chi connectivity index (χ0) is 14.5. The van der Waals surface area contributed by atoms with E-state index in [0.717, 1.165) is 24.1 Å². The van der Waals surface area contributed by atoms with E-state index in [9.17, 15) is 15.0 Å². The molecule has 2 rings (SSSR count). The minimum atomic E-state index is -0.299. The number of hydrogen-bond acceptors (Lipinski definition) is 4. The summed E-state index contributed by atoms with van der Waals surface area (Å²) in [6.45, 7) is 2.49. The molecule has 0 saturated carbocycles. The van der Waals surface area contributed by atoms with Crippen LogP contribution < -0.4 is 5.32 Å². The molecule has 4 N–H and O–H groups in total. The van der Waals surface area contributed by atoms with E-state index in [4.69, 9.17) is 0 Å². The van der Waals surface area contributed by atoms with Crippen molar-refractivity contribution >= 4 is 5.91 Å². The van der Waals surface area contributed by atoms with Crippen molar-refractivity contribution in [2.45, 2.75) is 19.8 Å². The number of carbonyl (C=O) groups excluding carboxylic acids is 1. The molecule has 1 heterocycles. The van der Waals surface area contributed by atoms with Crippen LogP contribution in [0, 0.1) is 6.92 Å². The number of benzene rings is 1. The van der Waals surface area contributed by atoms with Crippen molar-refractivity contribution in [1.82, 2.24) is 15.5 Å². The number of aromatic nitrogens is 2. The molecule has 1 aromatic heterocycles. The maximum Gasteiger partial charge on any atom is 0.251 e. The van der Waals surface area contributed by atoms with Gasteiger partial charge in [-0.1, -0.05) is 0 Å². The van der Waals surface area contributed by atoms with E-state index in [1.54, 1.807) is 6.20 Å². The number of carbonyl (C=O) groups is 1. The molecule has 0 atom stereocenters. The Balaban J connectivity index is 1.80. The minimum absolute atomic E-state index is 0.239. The number of aromatic hydroxyl groups is 2. The van der Waals surface area contributed by atoms with Crippen LogP contribution in [0.4, 0.5) is 0 Å². The van der Waals surface area contributed by atoms with E-state index in [2.05, 4.69) is 15.5 Å². The van der Waals surface area contributed by atoms with Crippen LogP contribution in [0.2, 0.25) is 0 Å². The lowest BCUT2D eigenvalue weighted by molar-refractivity contribution is 0.0953. The highest BCUT2D eigenvalue weighted by Crippen LogP contribution is 2.24. The summed E-state index contributed by atoms with van der Waals surface area (Å²) >= 11 is 0. The van der Waals surface area contributed by atoms with Crippen molar-refractivity contribution < 1.29 is 15.0 Å². The van der Waals surface area contributed by atoms with Gasteiger partial charge in [0.25, 0.3) is 5.91 Å². The number of rotatable bonds is 5. The number of phenols is 2. The van der Waals surface area contributed by atoms with E-state index in [1.165, 1.54) is 18.2 Å². The van der Waals surface area contributed by atoms with Gasteiger partial charge in [0.05, 0.1) is 6.20 Å². The van der Waals surface area contributed by atoms with Gasteiger partial charge >= 0.3 is 0 Å². The highest BCUT2D eigenvalue weighted by atomic mass is 16.3. The molecule has 6 heteroatoms. The number of amides is 1. The quantitative estimate of drug-likeness (QED) is 0.491. The lowest BCUT2D eigenvalue weighted by atomic mass is 10.1. The highest BCUT2D eigenvalue weighted by Gasteiger charge is 2.08. The van der Waals surface area contributed by atoms with Gasteiger partial charge in [-0.3, -0.25) is 9.89 Å². The van der Waals surface area contributed by atoms with Crippen molar-refractivity contribution in [1.29, 1.82) is 0 Å². The van der Waals surface area contributed by atoms with E-state index in [1.807, 2.05) is 6.92 Å². The largest absolute Gasteiger partial charge is 0.504 e. The van der Waals surface area contributed by atoms with Gasteiger partial charge in [-0.15, -0.1) is 0 Å². The Labute approximate surface area is 116 Å². The van der Waals surface area contributed by atoms with Crippen LogP contribution in [0.25, 0.3) is 0 Å². The first-order chi connectivity index (χ1) is 9.58.